The second kappa shape index (κ2) is 5.60. The van der Waals surface area contributed by atoms with Crippen LogP contribution in [0.4, 0.5) is 23.2 Å². The zero-order valence-corrected chi connectivity index (χ0v) is 9.58. The fourth-order valence-electron chi connectivity index (χ4n) is 1.44. The molecule has 0 N–H and O–H groups in total. The maximum Gasteiger partial charge on any atom is 0.156 e. The first-order valence-electron chi connectivity index (χ1n) is 5.34. The Labute approximate surface area is 106 Å². The van der Waals surface area contributed by atoms with Crippen molar-refractivity contribution in [2.24, 2.45) is 10.2 Å². The van der Waals surface area contributed by atoms with Gasteiger partial charge in [-0.1, -0.05) is 12.1 Å². The lowest BCUT2D eigenvalue weighted by Gasteiger charge is -2.00. The van der Waals surface area contributed by atoms with E-state index in [0.717, 1.165) is 24.3 Å². The molecule has 0 aliphatic heterocycles. The van der Waals surface area contributed by atoms with Gasteiger partial charge in [0.15, 0.2) is 17.3 Å². The number of hydrogen-bond acceptors (Lipinski definition) is 2. The van der Waals surface area contributed by atoms with Gasteiger partial charge in [0.25, 0.3) is 0 Å². The van der Waals surface area contributed by atoms with Crippen LogP contribution < -0.4 is 0 Å². The van der Waals surface area contributed by atoms with Crippen LogP contribution in [-0.2, 0) is 6.54 Å². The monoisotopic (exact) mass is 268 g/mol. The molecule has 2 aromatic carbocycles. The van der Waals surface area contributed by atoms with Crippen LogP contribution >= 0.6 is 0 Å². The number of nitrogens with zero attached hydrogens (tertiary/aromatic N) is 2. The molecule has 0 aliphatic rings. The summed E-state index contributed by atoms with van der Waals surface area (Å²) in [7, 11) is 0. The first-order chi connectivity index (χ1) is 9.09. The van der Waals surface area contributed by atoms with Crippen LogP contribution in [0.25, 0.3) is 0 Å². The van der Waals surface area contributed by atoms with Crippen molar-refractivity contribution < 1.29 is 17.6 Å². The molecule has 0 aromatic heterocycles. The molecule has 0 amide bonds. The van der Waals surface area contributed by atoms with Crippen molar-refractivity contribution in [3.05, 3.63) is 65.2 Å². The first kappa shape index (κ1) is 13.2. The fourth-order valence-corrected chi connectivity index (χ4v) is 1.44. The molecular formula is C13H8F4N2. The molecule has 0 fully saturated rings. The molecule has 0 spiro atoms. The Morgan fingerprint density at radius 1 is 0.737 bits per heavy atom. The van der Waals surface area contributed by atoms with Gasteiger partial charge < -0.3 is 0 Å². The summed E-state index contributed by atoms with van der Waals surface area (Å²) in [4.78, 5) is 0. The third-order valence-corrected chi connectivity index (χ3v) is 2.40. The molecule has 0 radical (unpaired) electrons. The standard InChI is InChI=1S/C13H8F4N2/c14-9-3-1-4-10(15)8(9)7-18-19-13-11(16)5-2-6-12(13)17/h1-6H,7H2. The third-order valence-electron chi connectivity index (χ3n) is 2.40. The van der Waals surface area contributed by atoms with Gasteiger partial charge in [0.2, 0.25) is 0 Å². The van der Waals surface area contributed by atoms with Gasteiger partial charge in [-0.3, -0.25) is 0 Å². The van der Waals surface area contributed by atoms with Crippen LogP contribution in [0.15, 0.2) is 46.6 Å². The highest BCUT2D eigenvalue weighted by atomic mass is 19.1. The van der Waals surface area contributed by atoms with Crippen LogP contribution in [-0.4, -0.2) is 0 Å². The molecule has 2 nitrogen and oxygen atoms in total. The van der Waals surface area contributed by atoms with Crippen molar-refractivity contribution in [1.82, 2.24) is 0 Å². The highest BCUT2D eigenvalue weighted by Gasteiger charge is 2.09. The molecule has 2 aromatic rings. The number of halogens is 4. The summed E-state index contributed by atoms with van der Waals surface area (Å²) in [6.45, 7) is -0.438. The second-order valence-electron chi connectivity index (χ2n) is 3.67. The number of azo groups is 1. The van der Waals surface area contributed by atoms with Crippen LogP contribution in [0, 0.1) is 23.3 Å². The number of benzene rings is 2. The van der Waals surface area contributed by atoms with Crippen LogP contribution in [0.5, 0.6) is 0 Å². The number of hydrogen-bond donors (Lipinski definition) is 0. The summed E-state index contributed by atoms with van der Waals surface area (Å²) < 4.78 is 52.9. The molecule has 0 saturated carbocycles. The van der Waals surface area contributed by atoms with Crippen LogP contribution in [0.1, 0.15) is 5.56 Å². The summed E-state index contributed by atoms with van der Waals surface area (Å²) >= 11 is 0. The van der Waals surface area contributed by atoms with E-state index in [2.05, 4.69) is 10.2 Å². The lowest BCUT2D eigenvalue weighted by Crippen LogP contribution is -1.92. The summed E-state index contributed by atoms with van der Waals surface area (Å²) in [5.41, 5.74) is -0.887. The molecule has 0 aliphatic carbocycles. The van der Waals surface area contributed by atoms with Crippen LogP contribution in [0.3, 0.4) is 0 Å². The zero-order valence-electron chi connectivity index (χ0n) is 9.58. The Hall–Kier alpha value is -2.24. The van der Waals surface area contributed by atoms with E-state index in [4.69, 9.17) is 0 Å². The lowest BCUT2D eigenvalue weighted by molar-refractivity contribution is 0.553. The molecule has 0 atom stereocenters. The minimum Gasteiger partial charge on any atom is -0.207 e. The van der Waals surface area contributed by atoms with Gasteiger partial charge in [-0.2, -0.15) is 5.11 Å². The van der Waals surface area contributed by atoms with Gasteiger partial charge in [-0.05, 0) is 24.3 Å². The van der Waals surface area contributed by atoms with E-state index in [1.54, 1.807) is 0 Å². The minimum absolute atomic E-state index is 0.303. The Bertz CT molecular complexity index is 586. The highest BCUT2D eigenvalue weighted by Crippen LogP contribution is 2.22. The van der Waals surface area contributed by atoms with Gasteiger partial charge in [0.05, 0.1) is 6.54 Å². The Morgan fingerprint density at radius 2 is 1.21 bits per heavy atom. The van der Waals surface area contributed by atoms with E-state index in [1.165, 1.54) is 12.1 Å². The van der Waals surface area contributed by atoms with Gasteiger partial charge in [0, 0.05) is 5.56 Å². The molecule has 2 rings (SSSR count). The van der Waals surface area contributed by atoms with E-state index in [1.807, 2.05) is 0 Å². The van der Waals surface area contributed by atoms with E-state index in [-0.39, 0.29) is 5.56 Å². The Balaban J connectivity index is 2.21. The van der Waals surface area contributed by atoms with E-state index in [9.17, 15) is 17.6 Å². The van der Waals surface area contributed by atoms with Crippen molar-refractivity contribution >= 4 is 5.69 Å². The average Bonchev–Trinajstić information content (AvgIpc) is 2.36. The molecular weight excluding hydrogens is 260 g/mol. The second-order valence-corrected chi connectivity index (χ2v) is 3.67. The summed E-state index contributed by atoms with van der Waals surface area (Å²) in [5.74, 6) is -3.35. The normalized spacial score (nSPS) is 11.2. The molecule has 0 heterocycles. The summed E-state index contributed by atoms with van der Waals surface area (Å²) in [5, 5.41) is 6.74. The smallest absolute Gasteiger partial charge is 0.156 e. The van der Waals surface area contributed by atoms with Gasteiger partial charge in [-0.15, -0.1) is 5.11 Å². The van der Waals surface area contributed by atoms with Gasteiger partial charge >= 0.3 is 0 Å². The first-order valence-corrected chi connectivity index (χ1v) is 5.34. The largest absolute Gasteiger partial charge is 0.207 e. The van der Waals surface area contributed by atoms with Crippen molar-refractivity contribution in [2.45, 2.75) is 6.54 Å². The van der Waals surface area contributed by atoms with Gasteiger partial charge in [-0.25, -0.2) is 17.6 Å². The summed E-state index contributed by atoms with van der Waals surface area (Å²) in [6.07, 6.45) is 0. The molecule has 0 saturated heterocycles. The number of rotatable bonds is 3. The van der Waals surface area contributed by atoms with E-state index >= 15 is 0 Å². The van der Waals surface area contributed by atoms with E-state index in [0.29, 0.717) is 0 Å². The molecule has 98 valence electrons. The SMILES string of the molecule is Fc1cccc(F)c1CN=Nc1c(F)cccc1F. The Morgan fingerprint density at radius 3 is 1.74 bits per heavy atom. The Kier molecular flexibility index (Phi) is 3.89. The van der Waals surface area contributed by atoms with Crippen molar-refractivity contribution in [3.63, 3.8) is 0 Å². The predicted molar refractivity (Wildman–Crippen MR) is 60.9 cm³/mol. The summed E-state index contributed by atoms with van der Waals surface area (Å²) in [6, 6.07) is 6.56. The molecule has 6 heteroatoms. The fraction of sp³-hybridized carbons (Fsp3) is 0.0769. The van der Waals surface area contributed by atoms with E-state index < -0.39 is 35.5 Å². The average molecular weight is 268 g/mol. The highest BCUT2D eigenvalue weighted by molar-refractivity contribution is 5.39. The maximum atomic E-state index is 13.2. The molecule has 0 bridgehead atoms. The van der Waals surface area contributed by atoms with Crippen molar-refractivity contribution in [1.29, 1.82) is 0 Å². The maximum absolute atomic E-state index is 13.2. The van der Waals surface area contributed by atoms with Crippen molar-refractivity contribution in [2.75, 3.05) is 0 Å². The van der Waals surface area contributed by atoms with Crippen LogP contribution in [0.2, 0.25) is 0 Å². The zero-order chi connectivity index (χ0) is 13.8. The topological polar surface area (TPSA) is 24.7 Å². The predicted octanol–water partition coefficient (Wildman–Crippen LogP) is 4.53. The third kappa shape index (κ3) is 2.96. The molecule has 0 unspecified atom stereocenters. The van der Waals surface area contributed by atoms with Gasteiger partial charge in [0.1, 0.15) is 11.6 Å². The minimum atomic E-state index is -0.891. The molecule has 19 heavy (non-hydrogen) atoms. The quantitative estimate of drug-likeness (QED) is 0.577. The lowest BCUT2D eigenvalue weighted by atomic mass is 10.2. The van der Waals surface area contributed by atoms with Crippen molar-refractivity contribution in [3.8, 4) is 0 Å².